The van der Waals surface area contributed by atoms with E-state index in [1.54, 1.807) is 0 Å². The van der Waals surface area contributed by atoms with E-state index in [0.717, 1.165) is 4.43 Å². The molecule has 0 aliphatic carbocycles. The van der Waals surface area contributed by atoms with Gasteiger partial charge < -0.3 is 11.5 Å². The lowest BCUT2D eigenvalue weighted by Gasteiger charge is -2.20. The van der Waals surface area contributed by atoms with Crippen LogP contribution in [0, 0.1) is 5.92 Å². The van der Waals surface area contributed by atoms with Crippen molar-refractivity contribution in [3.8, 4) is 0 Å². The topological polar surface area (TPSA) is 52.0 Å². The molecule has 0 rings (SSSR count). The highest BCUT2D eigenvalue weighted by molar-refractivity contribution is 14.1. The molecule has 2 nitrogen and oxygen atoms in total. The van der Waals surface area contributed by atoms with Gasteiger partial charge in [-0.2, -0.15) is 0 Å². The Kier molecular flexibility index (Phi) is 4.79. The smallest absolute Gasteiger partial charge is 0.0169 e. The fourth-order valence-corrected chi connectivity index (χ4v) is 1.33. The molecule has 3 atom stereocenters. The van der Waals surface area contributed by atoms with Crippen molar-refractivity contribution in [1.29, 1.82) is 0 Å². The second-order valence-corrected chi connectivity index (χ2v) is 3.42. The molecule has 56 valence electrons. The summed E-state index contributed by atoms with van der Waals surface area (Å²) in [7, 11) is 0. The molecule has 3 heteroatoms. The highest BCUT2D eigenvalue weighted by Crippen LogP contribution is 2.06. The third kappa shape index (κ3) is 3.37. The Morgan fingerprint density at radius 1 is 1.33 bits per heavy atom. The Labute approximate surface area is 70.5 Å². The van der Waals surface area contributed by atoms with E-state index in [9.17, 15) is 0 Å². The first-order chi connectivity index (χ1) is 4.09. The summed E-state index contributed by atoms with van der Waals surface area (Å²) in [6.07, 6.45) is 0. The van der Waals surface area contributed by atoms with Crippen LogP contribution in [-0.2, 0) is 0 Å². The van der Waals surface area contributed by atoms with Gasteiger partial charge in [-0.25, -0.2) is 0 Å². The van der Waals surface area contributed by atoms with Crippen LogP contribution in [0.3, 0.4) is 0 Å². The van der Waals surface area contributed by atoms with Crippen LogP contribution in [0.1, 0.15) is 13.8 Å². The fourth-order valence-electron chi connectivity index (χ4n) is 0.530. The minimum absolute atomic E-state index is 0.217. The molecule has 0 amide bonds. The first-order valence-electron chi connectivity index (χ1n) is 3.16. The van der Waals surface area contributed by atoms with Crippen LogP contribution in [0.2, 0.25) is 0 Å². The largest absolute Gasteiger partial charge is 0.328 e. The van der Waals surface area contributed by atoms with Gasteiger partial charge in [0.1, 0.15) is 0 Å². The molecule has 0 aromatic carbocycles. The van der Waals surface area contributed by atoms with Crippen molar-refractivity contribution in [2.24, 2.45) is 17.4 Å². The maximum Gasteiger partial charge on any atom is 0.0169 e. The Morgan fingerprint density at radius 3 is 1.89 bits per heavy atom. The van der Waals surface area contributed by atoms with Crippen LogP contribution >= 0.6 is 22.6 Å². The van der Waals surface area contributed by atoms with Crippen LogP contribution < -0.4 is 11.5 Å². The first-order valence-corrected chi connectivity index (χ1v) is 4.69. The molecule has 0 spiro atoms. The van der Waals surface area contributed by atoms with Gasteiger partial charge in [0.25, 0.3) is 0 Å². The van der Waals surface area contributed by atoms with Crippen LogP contribution in [0.15, 0.2) is 0 Å². The average Bonchev–Trinajstić information content (AvgIpc) is 1.84. The van der Waals surface area contributed by atoms with Gasteiger partial charge in [0.05, 0.1) is 0 Å². The molecule has 0 bridgehead atoms. The van der Waals surface area contributed by atoms with Gasteiger partial charge in [-0.05, 0) is 12.8 Å². The van der Waals surface area contributed by atoms with E-state index in [2.05, 4.69) is 29.5 Å². The molecule has 0 radical (unpaired) electrons. The molecule has 0 saturated carbocycles. The van der Waals surface area contributed by atoms with Gasteiger partial charge in [0.2, 0.25) is 0 Å². The van der Waals surface area contributed by atoms with E-state index >= 15 is 0 Å². The third-order valence-corrected chi connectivity index (χ3v) is 2.70. The highest BCUT2D eigenvalue weighted by Gasteiger charge is 2.14. The number of rotatable bonds is 3. The van der Waals surface area contributed by atoms with E-state index in [1.807, 2.05) is 6.92 Å². The Bertz CT molecular complexity index is 75.5. The zero-order valence-electron chi connectivity index (χ0n) is 5.97. The number of alkyl halides is 1. The van der Waals surface area contributed by atoms with Gasteiger partial charge in [-0.15, -0.1) is 0 Å². The van der Waals surface area contributed by atoms with Crippen molar-refractivity contribution >= 4 is 22.6 Å². The van der Waals surface area contributed by atoms with Crippen molar-refractivity contribution in [3.63, 3.8) is 0 Å². The summed E-state index contributed by atoms with van der Waals surface area (Å²) in [6.45, 7) is 4.09. The number of hydrogen-bond donors (Lipinski definition) is 2. The van der Waals surface area contributed by atoms with E-state index < -0.39 is 0 Å². The number of hydrogen-bond acceptors (Lipinski definition) is 2. The van der Waals surface area contributed by atoms with E-state index in [4.69, 9.17) is 11.5 Å². The summed E-state index contributed by atoms with van der Waals surface area (Å²) in [4.78, 5) is 0. The van der Waals surface area contributed by atoms with Crippen LogP contribution in [0.5, 0.6) is 0 Å². The van der Waals surface area contributed by atoms with Crippen molar-refractivity contribution in [2.75, 3.05) is 4.43 Å². The zero-order valence-corrected chi connectivity index (χ0v) is 8.13. The Morgan fingerprint density at radius 2 is 1.78 bits per heavy atom. The molecule has 9 heavy (non-hydrogen) atoms. The molecule has 0 aromatic rings. The quantitative estimate of drug-likeness (QED) is 0.566. The molecule has 0 aromatic heterocycles. The minimum Gasteiger partial charge on any atom is -0.328 e. The Balaban J connectivity index is 3.58. The molecular formula is C6H15IN2. The normalized spacial score (nSPS) is 21.0. The van der Waals surface area contributed by atoms with Crippen molar-refractivity contribution < 1.29 is 0 Å². The summed E-state index contributed by atoms with van der Waals surface area (Å²) < 4.78 is 0.987. The van der Waals surface area contributed by atoms with Gasteiger partial charge in [-0.3, -0.25) is 0 Å². The zero-order chi connectivity index (χ0) is 7.44. The maximum absolute atomic E-state index is 5.73. The first kappa shape index (κ1) is 9.65. The summed E-state index contributed by atoms with van der Waals surface area (Å²) in [5, 5.41) is 0. The van der Waals surface area contributed by atoms with E-state index in [0.29, 0.717) is 5.92 Å². The van der Waals surface area contributed by atoms with Crippen molar-refractivity contribution in [1.82, 2.24) is 0 Å². The third-order valence-electron chi connectivity index (χ3n) is 1.68. The lowest BCUT2D eigenvalue weighted by Crippen LogP contribution is -2.39. The van der Waals surface area contributed by atoms with Gasteiger partial charge >= 0.3 is 0 Å². The molecule has 0 saturated heterocycles. The number of nitrogens with two attached hydrogens (primary N) is 2. The van der Waals surface area contributed by atoms with Gasteiger partial charge in [-0.1, -0.05) is 29.5 Å². The SMILES string of the molecule is CC(N)C(C)C(N)CI. The monoisotopic (exact) mass is 242 g/mol. The molecule has 0 aliphatic heterocycles. The highest BCUT2D eigenvalue weighted by atomic mass is 127. The predicted octanol–water partition coefficient (Wildman–Crippen LogP) is 0.732. The van der Waals surface area contributed by atoms with Crippen LogP contribution in [0.25, 0.3) is 0 Å². The minimum atomic E-state index is 0.217. The van der Waals surface area contributed by atoms with E-state index in [1.165, 1.54) is 0 Å². The van der Waals surface area contributed by atoms with Crippen LogP contribution in [0.4, 0.5) is 0 Å². The molecular weight excluding hydrogens is 227 g/mol. The predicted molar refractivity (Wildman–Crippen MR) is 49.7 cm³/mol. The second kappa shape index (κ2) is 4.46. The second-order valence-electron chi connectivity index (χ2n) is 2.54. The molecule has 0 fully saturated rings. The standard InChI is InChI=1S/C6H15IN2/c1-4(5(2)8)6(9)3-7/h4-6H,3,8-9H2,1-2H3. The molecule has 3 unspecified atom stereocenters. The fraction of sp³-hybridized carbons (Fsp3) is 1.00. The summed E-state index contributed by atoms with van der Waals surface area (Å²) in [5.41, 5.74) is 11.4. The lowest BCUT2D eigenvalue weighted by molar-refractivity contribution is 0.422. The van der Waals surface area contributed by atoms with Gasteiger partial charge in [0.15, 0.2) is 0 Å². The average molecular weight is 242 g/mol. The van der Waals surface area contributed by atoms with Crippen LogP contribution in [-0.4, -0.2) is 16.5 Å². The number of halogens is 1. The Hall–Kier alpha value is 0.650. The molecule has 0 aliphatic rings. The summed E-state index contributed by atoms with van der Waals surface area (Å²) in [5.74, 6) is 0.432. The summed E-state index contributed by atoms with van der Waals surface area (Å²) in [6, 6.07) is 0.473. The van der Waals surface area contributed by atoms with Crippen molar-refractivity contribution in [3.05, 3.63) is 0 Å². The van der Waals surface area contributed by atoms with E-state index in [-0.39, 0.29) is 12.1 Å². The molecule has 0 heterocycles. The van der Waals surface area contributed by atoms with Gasteiger partial charge in [0, 0.05) is 16.5 Å². The van der Waals surface area contributed by atoms with Crippen molar-refractivity contribution in [2.45, 2.75) is 25.9 Å². The lowest BCUT2D eigenvalue weighted by atomic mass is 9.98. The maximum atomic E-state index is 5.73. The summed E-state index contributed by atoms with van der Waals surface area (Å²) >= 11 is 2.28. The molecule has 4 N–H and O–H groups in total.